The normalized spacial score (nSPS) is 19.0. The van der Waals surface area contributed by atoms with Crippen molar-refractivity contribution in [2.24, 2.45) is 0 Å². The van der Waals surface area contributed by atoms with Crippen molar-refractivity contribution in [2.45, 2.75) is 39.3 Å². The minimum Gasteiger partial charge on any atom is -0.370 e. The van der Waals surface area contributed by atoms with Gasteiger partial charge in [0.25, 0.3) is 0 Å². The van der Waals surface area contributed by atoms with E-state index in [0.29, 0.717) is 6.04 Å². The molecule has 1 amide bonds. The fourth-order valence-corrected chi connectivity index (χ4v) is 2.52. The minimum absolute atomic E-state index is 0.0601. The summed E-state index contributed by atoms with van der Waals surface area (Å²) in [5.41, 5.74) is 1.22. The Balaban J connectivity index is 1.80. The lowest BCUT2D eigenvalue weighted by atomic mass is 10.2. The lowest BCUT2D eigenvalue weighted by molar-refractivity contribution is -0.119. The van der Waals surface area contributed by atoms with Crippen LogP contribution in [0.2, 0.25) is 0 Å². The van der Waals surface area contributed by atoms with Crippen molar-refractivity contribution in [3.05, 3.63) is 23.9 Å². The molecule has 1 saturated heterocycles. The van der Waals surface area contributed by atoms with Gasteiger partial charge in [0.2, 0.25) is 5.91 Å². The Kier molecular flexibility index (Phi) is 5.35. The Morgan fingerprint density at radius 1 is 1.50 bits per heavy atom. The summed E-state index contributed by atoms with van der Waals surface area (Å²) in [5.74, 6) is 0.998. The molecule has 1 atom stereocenters. The van der Waals surface area contributed by atoms with Crippen molar-refractivity contribution in [3.63, 3.8) is 0 Å². The SMILES string of the molecule is CCCNc1ccc(CN2CCC(NC(C)=O)C2)cn1. The van der Waals surface area contributed by atoms with Gasteiger partial charge in [0.05, 0.1) is 0 Å². The molecule has 1 aromatic heterocycles. The van der Waals surface area contributed by atoms with Crippen LogP contribution in [-0.4, -0.2) is 41.5 Å². The molecule has 2 heterocycles. The van der Waals surface area contributed by atoms with Crippen LogP contribution in [0.5, 0.6) is 0 Å². The molecule has 2 rings (SSSR count). The van der Waals surface area contributed by atoms with Crippen LogP contribution in [0.3, 0.4) is 0 Å². The van der Waals surface area contributed by atoms with Gasteiger partial charge in [-0.25, -0.2) is 4.98 Å². The summed E-state index contributed by atoms with van der Waals surface area (Å²) >= 11 is 0. The van der Waals surface area contributed by atoms with Crippen molar-refractivity contribution < 1.29 is 4.79 Å². The molecule has 5 nitrogen and oxygen atoms in total. The average molecular weight is 276 g/mol. The Morgan fingerprint density at radius 2 is 2.35 bits per heavy atom. The van der Waals surface area contributed by atoms with Gasteiger partial charge in [-0.05, 0) is 24.5 Å². The van der Waals surface area contributed by atoms with Crippen LogP contribution in [0.1, 0.15) is 32.3 Å². The molecule has 110 valence electrons. The molecule has 20 heavy (non-hydrogen) atoms. The summed E-state index contributed by atoms with van der Waals surface area (Å²) in [7, 11) is 0. The predicted octanol–water partition coefficient (Wildman–Crippen LogP) is 1.61. The van der Waals surface area contributed by atoms with E-state index in [1.54, 1.807) is 6.92 Å². The number of aromatic nitrogens is 1. The number of carbonyl (C=O) groups is 1. The first kappa shape index (κ1) is 14.8. The Hall–Kier alpha value is -1.62. The van der Waals surface area contributed by atoms with Crippen LogP contribution in [0.4, 0.5) is 5.82 Å². The van der Waals surface area contributed by atoms with Gasteiger partial charge in [-0.3, -0.25) is 9.69 Å². The van der Waals surface area contributed by atoms with E-state index in [-0.39, 0.29) is 5.91 Å². The molecule has 1 aromatic rings. The summed E-state index contributed by atoms with van der Waals surface area (Å²) in [5, 5.41) is 6.26. The lowest BCUT2D eigenvalue weighted by Crippen LogP contribution is -2.35. The summed E-state index contributed by atoms with van der Waals surface area (Å²) < 4.78 is 0. The molecule has 0 aliphatic carbocycles. The van der Waals surface area contributed by atoms with E-state index in [9.17, 15) is 4.79 Å². The first-order valence-electron chi connectivity index (χ1n) is 7.35. The smallest absolute Gasteiger partial charge is 0.217 e. The van der Waals surface area contributed by atoms with Gasteiger partial charge in [-0.2, -0.15) is 0 Å². The number of anilines is 1. The molecule has 2 N–H and O–H groups in total. The highest BCUT2D eigenvalue weighted by Crippen LogP contribution is 2.14. The first-order chi connectivity index (χ1) is 9.67. The molecule has 1 fully saturated rings. The van der Waals surface area contributed by atoms with Crippen molar-refractivity contribution >= 4 is 11.7 Å². The van der Waals surface area contributed by atoms with Crippen molar-refractivity contribution in [2.75, 3.05) is 25.0 Å². The maximum absolute atomic E-state index is 11.0. The zero-order valence-corrected chi connectivity index (χ0v) is 12.4. The topological polar surface area (TPSA) is 57.3 Å². The Morgan fingerprint density at radius 3 is 3.00 bits per heavy atom. The van der Waals surface area contributed by atoms with E-state index in [0.717, 1.165) is 44.8 Å². The van der Waals surface area contributed by atoms with Gasteiger partial charge in [-0.15, -0.1) is 0 Å². The number of amides is 1. The second-order valence-electron chi connectivity index (χ2n) is 5.40. The van der Waals surface area contributed by atoms with Gasteiger partial charge in [0, 0.05) is 45.3 Å². The number of hydrogen-bond acceptors (Lipinski definition) is 4. The van der Waals surface area contributed by atoms with E-state index < -0.39 is 0 Å². The van der Waals surface area contributed by atoms with Crippen LogP contribution in [-0.2, 0) is 11.3 Å². The van der Waals surface area contributed by atoms with Crippen molar-refractivity contribution in [1.29, 1.82) is 0 Å². The van der Waals surface area contributed by atoms with E-state index in [1.807, 2.05) is 12.3 Å². The molecule has 1 aliphatic heterocycles. The van der Waals surface area contributed by atoms with Gasteiger partial charge in [-0.1, -0.05) is 13.0 Å². The molecule has 1 aliphatic rings. The highest BCUT2D eigenvalue weighted by atomic mass is 16.1. The predicted molar refractivity (Wildman–Crippen MR) is 80.5 cm³/mol. The molecular formula is C15H24N4O. The van der Waals surface area contributed by atoms with E-state index >= 15 is 0 Å². The monoisotopic (exact) mass is 276 g/mol. The average Bonchev–Trinajstić information content (AvgIpc) is 2.84. The molecule has 0 saturated carbocycles. The molecular weight excluding hydrogens is 252 g/mol. The van der Waals surface area contributed by atoms with Crippen molar-refractivity contribution in [3.8, 4) is 0 Å². The maximum atomic E-state index is 11.0. The second kappa shape index (κ2) is 7.24. The van der Waals surface area contributed by atoms with Gasteiger partial charge in [0.15, 0.2) is 0 Å². The highest BCUT2D eigenvalue weighted by Gasteiger charge is 2.22. The zero-order chi connectivity index (χ0) is 14.4. The molecule has 0 spiro atoms. The minimum atomic E-state index is 0.0601. The first-order valence-corrected chi connectivity index (χ1v) is 7.35. The number of rotatable bonds is 6. The molecule has 0 radical (unpaired) electrons. The summed E-state index contributed by atoms with van der Waals surface area (Å²) in [6.07, 6.45) is 4.06. The van der Waals surface area contributed by atoms with E-state index in [4.69, 9.17) is 0 Å². The number of pyridine rings is 1. The molecule has 0 aromatic carbocycles. The fourth-order valence-electron chi connectivity index (χ4n) is 2.52. The number of carbonyl (C=O) groups excluding carboxylic acids is 1. The summed E-state index contributed by atoms with van der Waals surface area (Å²) in [6.45, 7) is 7.53. The van der Waals surface area contributed by atoms with Crippen molar-refractivity contribution in [1.82, 2.24) is 15.2 Å². The molecule has 0 bridgehead atoms. The summed E-state index contributed by atoms with van der Waals surface area (Å²) in [6, 6.07) is 4.45. The quantitative estimate of drug-likeness (QED) is 0.829. The molecule has 1 unspecified atom stereocenters. The number of likely N-dealkylation sites (tertiary alicyclic amines) is 1. The third-order valence-electron chi connectivity index (χ3n) is 3.47. The zero-order valence-electron chi connectivity index (χ0n) is 12.4. The van der Waals surface area contributed by atoms with Crippen LogP contribution in [0.15, 0.2) is 18.3 Å². The van der Waals surface area contributed by atoms with E-state index in [1.165, 1.54) is 5.56 Å². The second-order valence-corrected chi connectivity index (χ2v) is 5.40. The van der Waals surface area contributed by atoms with Crippen LogP contribution in [0.25, 0.3) is 0 Å². The van der Waals surface area contributed by atoms with Crippen LogP contribution >= 0.6 is 0 Å². The number of hydrogen-bond donors (Lipinski definition) is 2. The number of nitrogens with zero attached hydrogens (tertiary/aromatic N) is 2. The van der Waals surface area contributed by atoms with Gasteiger partial charge in [0.1, 0.15) is 5.82 Å². The van der Waals surface area contributed by atoms with Gasteiger partial charge < -0.3 is 10.6 Å². The Bertz CT molecular complexity index is 432. The van der Waals surface area contributed by atoms with E-state index in [2.05, 4.69) is 33.5 Å². The van der Waals surface area contributed by atoms with Gasteiger partial charge >= 0.3 is 0 Å². The maximum Gasteiger partial charge on any atom is 0.217 e. The third-order valence-corrected chi connectivity index (χ3v) is 3.47. The fraction of sp³-hybridized carbons (Fsp3) is 0.600. The molecule has 5 heteroatoms. The third kappa shape index (κ3) is 4.49. The Labute approximate surface area is 120 Å². The van der Waals surface area contributed by atoms with Crippen LogP contribution < -0.4 is 10.6 Å². The largest absolute Gasteiger partial charge is 0.370 e. The number of nitrogens with one attached hydrogen (secondary N) is 2. The lowest BCUT2D eigenvalue weighted by Gasteiger charge is -2.16. The van der Waals surface area contributed by atoms with Crippen LogP contribution in [0, 0.1) is 0 Å². The summed E-state index contributed by atoms with van der Waals surface area (Å²) in [4.78, 5) is 17.8. The highest BCUT2D eigenvalue weighted by molar-refractivity contribution is 5.73. The standard InChI is InChI=1S/C15H24N4O/c1-3-7-16-15-5-4-13(9-17-15)10-19-8-6-14(11-19)18-12(2)20/h4-5,9,14H,3,6-8,10-11H2,1-2H3,(H,16,17)(H,18,20).